The van der Waals surface area contributed by atoms with Gasteiger partial charge in [-0.3, -0.25) is 4.79 Å². The normalized spacial score (nSPS) is 18.1. The number of halogens is 3. The van der Waals surface area contributed by atoms with Gasteiger partial charge in [0.05, 0.1) is 5.56 Å². The first-order valence-corrected chi connectivity index (χ1v) is 8.53. The smallest absolute Gasteiger partial charge is 0.323 e. The molecule has 1 aromatic carbocycles. The van der Waals surface area contributed by atoms with E-state index >= 15 is 0 Å². The minimum Gasteiger partial charge on any atom is -0.323 e. The van der Waals surface area contributed by atoms with Gasteiger partial charge in [-0.1, -0.05) is 24.3 Å². The van der Waals surface area contributed by atoms with Crippen LogP contribution in [0.4, 0.5) is 13.2 Å². The zero-order valence-electron chi connectivity index (χ0n) is 13.8. The van der Waals surface area contributed by atoms with Crippen molar-refractivity contribution in [3.05, 3.63) is 64.9 Å². The molecule has 0 heterocycles. The Morgan fingerprint density at radius 3 is 2.36 bits per heavy atom. The van der Waals surface area contributed by atoms with E-state index in [0.717, 1.165) is 49.1 Å². The first kappa shape index (κ1) is 17.5. The Balaban J connectivity index is 1.86. The number of hydrogen-bond donors (Lipinski definition) is 1. The van der Waals surface area contributed by atoms with Crippen molar-refractivity contribution in [1.29, 1.82) is 0 Å². The van der Waals surface area contributed by atoms with E-state index in [-0.39, 0.29) is 5.91 Å². The first-order valence-electron chi connectivity index (χ1n) is 8.53. The molecule has 0 unspecified atom stereocenters. The van der Waals surface area contributed by atoms with E-state index in [2.05, 4.69) is 5.32 Å². The van der Waals surface area contributed by atoms with Gasteiger partial charge >= 0.3 is 6.18 Å². The quantitative estimate of drug-likeness (QED) is 0.781. The van der Waals surface area contributed by atoms with Crippen LogP contribution < -0.4 is 5.32 Å². The molecular weight excluding hydrogens is 327 g/mol. The molecule has 0 saturated heterocycles. The highest BCUT2D eigenvalue weighted by atomic mass is 19.4. The Morgan fingerprint density at radius 2 is 1.72 bits per heavy atom. The fraction of sp³-hybridized carbons (Fsp3) is 0.350. The van der Waals surface area contributed by atoms with Crippen LogP contribution in [0.5, 0.6) is 0 Å². The lowest BCUT2D eigenvalue weighted by Gasteiger charge is -2.21. The largest absolute Gasteiger partial charge is 0.416 e. The summed E-state index contributed by atoms with van der Waals surface area (Å²) < 4.78 is 38.2. The van der Waals surface area contributed by atoms with Gasteiger partial charge in [-0.2, -0.15) is 13.2 Å². The molecule has 0 spiro atoms. The Bertz CT molecular complexity index is 739. The lowest BCUT2D eigenvalue weighted by Crippen LogP contribution is -2.26. The number of alkyl halides is 3. The molecular formula is C20H20F3NO. The third-order valence-electron chi connectivity index (χ3n) is 4.56. The van der Waals surface area contributed by atoms with E-state index in [1.165, 1.54) is 12.1 Å². The predicted molar refractivity (Wildman–Crippen MR) is 91.4 cm³/mol. The van der Waals surface area contributed by atoms with Crippen LogP contribution in [0.2, 0.25) is 0 Å². The fourth-order valence-electron chi connectivity index (χ4n) is 3.25. The topological polar surface area (TPSA) is 29.1 Å². The molecule has 0 bridgehead atoms. The van der Waals surface area contributed by atoms with Crippen molar-refractivity contribution in [2.75, 3.05) is 0 Å². The average Bonchev–Trinajstić information content (AvgIpc) is 2.62. The zero-order valence-corrected chi connectivity index (χ0v) is 13.8. The van der Waals surface area contributed by atoms with Gasteiger partial charge in [-0.05, 0) is 67.9 Å². The molecule has 2 aliphatic carbocycles. The molecule has 3 rings (SSSR count). The van der Waals surface area contributed by atoms with Crippen LogP contribution in [0.1, 0.15) is 49.7 Å². The molecule has 132 valence electrons. The van der Waals surface area contributed by atoms with Crippen molar-refractivity contribution in [1.82, 2.24) is 5.32 Å². The summed E-state index contributed by atoms with van der Waals surface area (Å²) in [4.78, 5) is 12.7. The van der Waals surface area contributed by atoms with Crippen LogP contribution in [0.15, 0.2) is 53.8 Å². The second-order valence-electron chi connectivity index (χ2n) is 6.33. The molecule has 0 saturated carbocycles. The third kappa shape index (κ3) is 4.21. The molecule has 0 aliphatic heterocycles. The number of amides is 1. The maximum absolute atomic E-state index is 12.7. The van der Waals surface area contributed by atoms with Crippen molar-refractivity contribution < 1.29 is 18.0 Å². The molecule has 0 aromatic heterocycles. The van der Waals surface area contributed by atoms with E-state index in [1.807, 2.05) is 18.2 Å². The van der Waals surface area contributed by atoms with Gasteiger partial charge in [0.25, 0.3) is 5.91 Å². The summed E-state index contributed by atoms with van der Waals surface area (Å²) in [6.07, 6.45) is 6.64. The van der Waals surface area contributed by atoms with Crippen LogP contribution in [0.25, 0.3) is 5.57 Å². The number of rotatable bonds is 3. The van der Waals surface area contributed by atoms with Crippen LogP contribution in [-0.4, -0.2) is 5.91 Å². The van der Waals surface area contributed by atoms with Gasteiger partial charge in [0, 0.05) is 11.3 Å². The van der Waals surface area contributed by atoms with Gasteiger partial charge in [-0.25, -0.2) is 0 Å². The van der Waals surface area contributed by atoms with E-state index in [0.29, 0.717) is 24.0 Å². The summed E-state index contributed by atoms with van der Waals surface area (Å²) in [5.41, 5.74) is 2.37. The summed E-state index contributed by atoms with van der Waals surface area (Å²) in [5.74, 6) is -0.146. The van der Waals surface area contributed by atoms with Crippen LogP contribution in [-0.2, 0) is 11.0 Å². The molecule has 0 radical (unpaired) electrons. The molecule has 2 nitrogen and oxygen atoms in total. The van der Waals surface area contributed by atoms with Gasteiger partial charge < -0.3 is 5.32 Å². The summed E-state index contributed by atoms with van der Waals surface area (Å²) >= 11 is 0. The molecule has 25 heavy (non-hydrogen) atoms. The van der Waals surface area contributed by atoms with E-state index in [9.17, 15) is 18.0 Å². The van der Waals surface area contributed by atoms with E-state index in [1.54, 1.807) is 0 Å². The zero-order chi connectivity index (χ0) is 17.9. The molecule has 0 fully saturated rings. The summed E-state index contributed by atoms with van der Waals surface area (Å²) in [6, 6.07) is 5.10. The number of hydrogen-bond acceptors (Lipinski definition) is 1. The first-order chi connectivity index (χ1) is 11.9. The van der Waals surface area contributed by atoms with E-state index < -0.39 is 11.7 Å². The number of carbonyl (C=O) groups excluding carboxylic acids is 1. The monoisotopic (exact) mass is 347 g/mol. The van der Waals surface area contributed by atoms with Crippen molar-refractivity contribution in [3.63, 3.8) is 0 Å². The minimum atomic E-state index is -4.35. The third-order valence-corrected chi connectivity index (χ3v) is 4.56. The standard InChI is InChI=1S/C20H20F3NO/c21-20(22,23)15-12-10-14(11-13-15)17-8-4-5-9-18(17)19(25)24-16-6-2-1-3-7-16/h2,6-7,10-13H,1,3-5,8-9H2,(H,24,25). The highest BCUT2D eigenvalue weighted by molar-refractivity contribution is 6.02. The highest BCUT2D eigenvalue weighted by Gasteiger charge is 2.30. The Morgan fingerprint density at radius 1 is 1.00 bits per heavy atom. The SMILES string of the molecule is O=C(NC1=CCCC=C1)C1=C(c2ccc(C(F)(F)F)cc2)CCCC1. The number of carbonyl (C=O) groups is 1. The van der Waals surface area contributed by atoms with Crippen LogP contribution in [0.3, 0.4) is 0 Å². The van der Waals surface area contributed by atoms with Crippen molar-refractivity contribution >= 4 is 11.5 Å². The van der Waals surface area contributed by atoms with Gasteiger partial charge in [0.2, 0.25) is 0 Å². The number of benzene rings is 1. The number of allylic oxidation sites excluding steroid dienone is 4. The summed E-state index contributed by atoms with van der Waals surface area (Å²) in [7, 11) is 0. The second-order valence-corrected chi connectivity index (χ2v) is 6.33. The second kappa shape index (κ2) is 7.30. The van der Waals surface area contributed by atoms with Gasteiger partial charge in [0.1, 0.15) is 0 Å². The van der Waals surface area contributed by atoms with Gasteiger partial charge in [0.15, 0.2) is 0 Å². The van der Waals surface area contributed by atoms with Crippen molar-refractivity contribution in [3.8, 4) is 0 Å². The number of nitrogens with one attached hydrogen (secondary N) is 1. The van der Waals surface area contributed by atoms with Crippen LogP contribution in [0, 0.1) is 0 Å². The van der Waals surface area contributed by atoms with E-state index in [4.69, 9.17) is 0 Å². The average molecular weight is 347 g/mol. The summed E-state index contributed by atoms with van der Waals surface area (Å²) in [5, 5.41) is 2.92. The molecule has 2 aliphatic rings. The van der Waals surface area contributed by atoms with Crippen molar-refractivity contribution in [2.24, 2.45) is 0 Å². The van der Waals surface area contributed by atoms with Crippen LogP contribution >= 0.6 is 0 Å². The highest BCUT2D eigenvalue weighted by Crippen LogP contribution is 2.35. The minimum absolute atomic E-state index is 0.146. The predicted octanol–water partition coefficient (Wildman–Crippen LogP) is 5.38. The summed E-state index contributed by atoms with van der Waals surface area (Å²) in [6.45, 7) is 0. The molecule has 0 atom stereocenters. The lowest BCUT2D eigenvalue weighted by atomic mass is 9.86. The lowest BCUT2D eigenvalue weighted by molar-refractivity contribution is -0.137. The van der Waals surface area contributed by atoms with Gasteiger partial charge in [-0.15, -0.1) is 0 Å². The maximum atomic E-state index is 12.7. The molecule has 1 N–H and O–H groups in total. The molecule has 5 heteroatoms. The maximum Gasteiger partial charge on any atom is 0.416 e. The Labute approximate surface area is 145 Å². The Kier molecular flexibility index (Phi) is 5.11. The Hall–Kier alpha value is -2.30. The molecule has 1 amide bonds. The molecule has 1 aromatic rings. The fourth-order valence-corrected chi connectivity index (χ4v) is 3.25. The van der Waals surface area contributed by atoms with Crippen molar-refractivity contribution in [2.45, 2.75) is 44.7 Å².